The Balaban J connectivity index is 2.22. The van der Waals surface area contributed by atoms with Crippen LogP contribution < -0.4 is 4.90 Å². The lowest BCUT2D eigenvalue weighted by atomic mass is 9.57. The summed E-state index contributed by atoms with van der Waals surface area (Å²) in [7, 11) is 1.79. The number of anilines is 1. The van der Waals surface area contributed by atoms with Crippen LogP contribution in [0.5, 0.6) is 0 Å². The van der Waals surface area contributed by atoms with E-state index in [2.05, 4.69) is 6.07 Å². The van der Waals surface area contributed by atoms with Crippen LogP contribution in [0.1, 0.15) is 18.4 Å². The fourth-order valence-electron chi connectivity index (χ4n) is 3.00. The second-order valence-corrected chi connectivity index (χ2v) is 4.57. The molecule has 0 bridgehead atoms. The van der Waals surface area contributed by atoms with Gasteiger partial charge in [0.2, 0.25) is 5.91 Å². The van der Waals surface area contributed by atoms with E-state index in [9.17, 15) is 4.79 Å². The van der Waals surface area contributed by atoms with Crippen LogP contribution in [-0.4, -0.2) is 13.0 Å². The highest BCUT2D eigenvalue weighted by Crippen LogP contribution is 2.56. The van der Waals surface area contributed by atoms with Crippen molar-refractivity contribution < 1.29 is 4.79 Å². The van der Waals surface area contributed by atoms with Crippen molar-refractivity contribution in [2.24, 2.45) is 5.92 Å². The highest BCUT2D eigenvalue weighted by atomic mass is 16.2. The lowest BCUT2D eigenvalue weighted by molar-refractivity contribution is -0.127. The summed E-state index contributed by atoms with van der Waals surface area (Å²) in [5.41, 5.74) is 1.48. The van der Waals surface area contributed by atoms with Crippen molar-refractivity contribution in [3.8, 4) is 6.07 Å². The maximum atomic E-state index is 12.3. The van der Waals surface area contributed by atoms with Crippen LogP contribution >= 0.6 is 0 Å². The van der Waals surface area contributed by atoms with Crippen molar-refractivity contribution in [3.63, 3.8) is 0 Å². The number of benzene rings is 1. The van der Waals surface area contributed by atoms with Crippen LogP contribution in [0.3, 0.4) is 0 Å². The zero-order valence-electron chi connectivity index (χ0n) is 9.10. The van der Waals surface area contributed by atoms with Gasteiger partial charge in [0.25, 0.3) is 0 Å². The largest absolute Gasteiger partial charge is 0.314 e. The third-order valence-electron chi connectivity index (χ3n) is 4.01. The Hall–Kier alpha value is -1.82. The highest BCUT2D eigenvalue weighted by molar-refractivity contribution is 6.08. The number of hydrogen-bond donors (Lipinski definition) is 0. The van der Waals surface area contributed by atoms with Gasteiger partial charge in [0.05, 0.1) is 17.4 Å². The molecule has 3 heteroatoms. The Morgan fingerprint density at radius 3 is 2.88 bits per heavy atom. The van der Waals surface area contributed by atoms with Gasteiger partial charge in [0.15, 0.2) is 0 Å². The Morgan fingerprint density at radius 1 is 1.50 bits per heavy atom. The van der Waals surface area contributed by atoms with Crippen LogP contribution in [-0.2, 0) is 10.2 Å². The highest BCUT2D eigenvalue weighted by Gasteiger charge is 2.60. The molecule has 0 aromatic heterocycles. The molecule has 3 rings (SSSR count). The average Bonchev–Trinajstić information content (AvgIpc) is 2.51. The predicted octanol–water partition coefficient (Wildman–Crippen LogP) is 1.83. The van der Waals surface area contributed by atoms with Crippen molar-refractivity contribution in [1.82, 2.24) is 0 Å². The van der Waals surface area contributed by atoms with Crippen molar-refractivity contribution in [1.29, 1.82) is 5.26 Å². The first-order valence-electron chi connectivity index (χ1n) is 5.49. The molecule has 2 aliphatic rings. The molecule has 1 aromatic carbocycles. The molecule has 0 N–H and O–H groups in total. The first kappa shape index (κ1) is 9.41. The van der Waals surface area contributed by atoms with Crippen LogP contribution in [0.2, 0.25) is 0 Å². The zero-order valence-corrected chi connectivity index (χ0v) is 9.10. The Bertz CT molecular complexity index is 517. The fraction of sp³-hybridized carbons (Fsp3) is 0.385. The number of likely N-dealkylation sites (N-methyl/N-ethyl adjacent to an activating group) is 1. The normalized spacial score (nSPS) is 31.1. The van der Waals surface area contributed by atoms with Crippen molar-refractivity contribution >= 4 is 11.6 Å². The van der Waals surface area contributed by atoms with E-state index in [0.717, 1.165) is 24.1 Å². The van der Waals surface area contributed by atoms with Crippen LogP contribution in [0.15, 0.2) is 24.3 Å². The summed E-state index contributed by atoms with van der Waals surface area (Å²) in [5.74, 6) is -0.0578. The number of carbonyl (C=O) groups excluding carboxylic acids is 1. The van der Waals surface area contributed by atoms with E-state index in [-0.39, 0.29) is 11.8 Å². The average molecular weight is 212 g/mol. The molecule has 3 nitrogen and oxygen atoms in total. The molecule has 1 aliphatic heterocycles. The molecule has 1 spiro atoms. The molecule has 0 saturated heterocycles. The molecule has 1 heterocycles. The number of rotatable bonds is 0. The fourth-order valence-corrected chi connectivity index (χ4v) is 3.00. The SMILES string of the molecule is CN1C(=O)[C@@]2(CC[C@H]2C#N)c2ccccc21. The van der Waals surface area contributed by atoms with E-state index in [1.807, 2.05) is 24.3 Å². The van der Waals surface area contributed by atoms with Gasteiger partial charge in [-0.05, 0) is 24.5 Å². The van der Waals surface area contributed by atoms with E-state index in [1.54, 1.807) is 11.9 Å². The van der Waals surface area contributed by atoms with Gasteiger partial charge < -0.3 is 4.90 Å². The molecule has 1 aliphatic carbocycles. The van der Waals surface area contributed by atoms with Crippen molar-refractivity contribution in [3.05, 3.63) is 29.8 Å². The number of nitriles is 1. The standard InChI is InChI=1S/C13H12N2O/c1-15-11-5-3-2-4-10(11)13(12(15)16)7-6-9(13)8-14/h2-5,9H,6-7H2,1H3/t9-,13+/m0/s1. The smallest absolute Gasteiger partial charge is 0.238 e. The van der Waals surface area contributed by atoms with E-state index < -0.39 is 5.41 Å². The molecule has 1 fully saturated rings. The lowest BCUT2D eigenvalue weighted by Gasteiger charge is -2.41. The summed E-state index contributed by atoms with van der Waals surface area (Å²) in [4.78, 5) is 14.0. The number of hydrogen-bond acceptors (Lipinski definition) is 2. The molecule has 0 unspecified atom stereocenters. The summed E-state index contributed by atoms with van der Waals surface area (Å²) in [6, 6.07) is 10.1. The zero-order chi connectivity index (χ0) is 11.3. The summed E-state index contributed by atoms with van der Waals surface area (Å²) < 4.78 is 0. The van der Waals surface area contributed by atoms with Crippen LogP contribution in [0, 0.1) is 17.2 Å². The third-order valence-corrected chi connectivity index (χ3v) is 4.01. The first-order valence-corrected chi connectivity index (χ1v) is 5.49. The number of para-hydroxylation sites is 1. The summed E-state index contributed by atoms with van der Waals surface area (Å²) in [6.45, 7) is 0. The van der Waals surface area contributed by atoms with Gasteiger partial charge in [-0.25, -0.2) is 0 Å². The topological polar surface area (TPSA) is 44.1 Å². The van der Waals surface area contributed by atoms with Crippen molar-refractivity contribution in [2.75, 3.05) is 11.9 Å². The van der Waals surface area contributed by atoms with E-state index in [4.69, 9.17) is 5.26 Å². The monoisotopic (exact) mass is 212 g/mol. The first-order chi connectivity index (χ1) is 7.71. The predicted molar refractivity (Wildman–Crippen MR) is 59.9 cm³/mol. The molecule has 16 heavy (non-hydrogen) atoms. The number of nitrogens with zero attached hydrogens (tertiary/aromatic N) is 2. The molecule has 2 atom stereocenters. The lowest BCUT2D eigenvalue weighted by Crippen LogP contribution is -2.50. The number of carbonyl (C=O) groups is 1. The minimum Gasteiger partial charge on any atom is -0.314 e. The third kappa shape index (κ3) is 0.817. The Labute approximate surface area is 94.3 Å². The second-order valence-electron chi connectivity index (χ2n) is 4.57. The van der Waals surface area contributed by atoms with Gasteiger partial charge in [0.1, 0.15) is 0 Å². The van der Waals surface area contributed by atoms with E-state index in [0.29, 0.717) is 0 Å². The maximum absolute atomic E-state index is 12.3. The minimum atomic E-state index is -0.528. The van der Waals surface area contributed by atoms with Gasteiger partial charge in [-0.15, -0.1) is 0 Å². The molecule has 0 radical (unpaired) electrons. The summed E-state index contributed by atoms with van der Waals surface area (Å²) in [6.07, 6.45) is 1.65. The summed E-state index contributed by atoms with van der Waals surface area (Å²) in [5, 5.41) is 9.12. The number of fused-ring (bicyclic) bond motifs is 2. The van der Waals surface area contributed by atoms with Gasteiger partial charge in [-0.1, -0.05) is 18.2 Å². The Kier molecular flexibility index (Phi) is 1.68. The van der Waals surface area contributed by atoms with Crippen LogP contribution in [0.25, 0.3) is 0 Å². The van der Waals surface area contributed by atoms with Crippen LogP contribution in [0.4, 0.5) is 5.69 Å². The van der Waals surface area contributed by atoms with Gasteiger partial charge in [-0.3, -0.25) is 4.79 Å². The molecule has 1 amide bonds. The van der Waals surface area contributed by atoms with E-state index >= 15 is 0 Å². The van der Waals surface area contributed by atoms with E-state index in [1.165, 1.54) is 0 Å². The summed E-state index contributed by atoms with van der Waals surface area (Å²) >= 11 is 0. The van der Waals surface area contributed by atoms with Gasteiger partial charge >= 0.3 is 0 Å². The molecule has 1 saturated carbocycles. The maximum Gasteiger partial charge on any atom is 0.238 e. The minimum absolute atomic E-state index is 0.0894. The molecule has 80 valence electrons. The number of amides is 1. The van der Waals surface area contributed by atoms with Gasteiger partial charge in [-0.2, -0.15) is 5.26 Å². The molecular formula is C13H12N2O. The molecule has 1 aromatic rings. The Morgan fingerprint density at radius 2 is 2.25 bits per heavy atom. The van der Waals surface area contributed by atoms with Crippen molar-refractivity contribution in [2.45, 2.75) is 18.3 Å². The molecular weight excluding hydrogens is 200 g/mol. The van der Waals surface area contributed by atoms with Gasteiger partial charge in [0, 0.05) is 12.7 Å². The second kappa shape index (κ2) is 2.85. The quantitative estimate of drug-likeness (QED) is 0.658.